The molecular formula is C18H23N3O2S. The Morgan fingerprint density at radius 2 is 2.33 bits per heavy atom. The number of para-hydroxylation sites is 1. The Labute approximate surface area is 147 Å². The third-order valence-corrected chi connectivity index (χ3v) is 4.94. The van der Waals surface area contributed by atoms with Gasteiger partial charge >= 0.3 is 0 Å². The van der Waals surface area contributed by atoms with Gasteiger partial charge in [-0.15, -0.1) is 0 Å². The van der Waals surface area contributed by atoms with E-state index < -0.39 is 0 Å². The molecule has 1 aliphatic heterocycles. The molecule has 0 bridgehead atoms. The van der Waals surface area contributed by atoms with Crippen molar-refractivity contribution in [1.29, 1.82) is 0 Å². The first-order valence-electron chi connectivity index (χ1n) is 8.28. The van der Waals surface area contributed by atoms with Crippen molar-refractivity contribution in [3.8, 4) is 0 Å². The number of thiocarbonyl (C=S) groups is 1. The van der Waals surface area contributed by atoms with Crippen molar-refractivity contribution in [2.45, 2.75) is 32.4 Å². The van der Waals surface area contributed by atoms with Crippen LogP contribution in [0, 0.1) is 6.92 Å². The second-order valence-corrected chi connectivity index (χ2v) is 6.62. The van der Waals surface area contributed by atoms with Gasteiger partial charge in [0.1, 0.15) is 0 Å². The number of benzene rings is 1. The van der Waals surface area contributed by atoms with Gasteiger partial charge in [-0.3, -0.25) is 4.79 Å². The monoisotopic (exact) mass is 345 g/mol. The number of nitrogens with one attached hydrogen (secondary N) is 2. The highest BCUT2D eigenvalue weighted by atomic mass is 32.1. The fourth-order valence-electron chi connectivity index (χ4n) is 3.16. The molecule has 0 aliphatic carbocycles. The number of aryl methyl sites for hydroxylation is 1. The Morgan fingerprint density at radius 3 is 3.04 bits per heavy atom. The van der Waals surface area contributed by atoms with Gasteiger partial charge in [-0.05, 0) is 49.0 Å². The molecule has 2 aromatic rings. The topological polar surface area (TPSA) is 57.4 Å². The summed E-state index contributed by atoms with van der Waals surface area (Å²) >= 11 is 5.42. The molecule has 5 nitrogen and oxygen atoms in total. The van der Waals surface area contributed by atoms with E-state index in [0.29, 0.717) is 23.8 Å². The third kappa shape index (κ3) is 3.60. The van der Waals surface area contributed by atoms with Crippen LogP contribution in [0.1, 0.15) is 24.0 Å². The lowest BCUT2D eigenvalue weighted by Crippen LogP contribution is -2.42. The summed E-state index contributed by atoms with van der Waals surface area (Å²) in [6.45, 7) is 3.97. The molecule has 1 aliphatic rings. The Morgan fingerprint density at radius 1 is 1.50 bits per heavy atom. The van der Waals surface area contributed by atoms with Crippen LogP contribution in [0.25, 0.3) is 10.9 Å². The molecule has 2 heterocycles. The summed E-state index contributed by atoms with van der Waals surface area (Å²) in [6, 6.07) is 7.98. The predicted octanol–water partition coefficient (Wildman–Crippen LogP) is 2.32. The third-order valence-electron chi connectivity index (χ3n) is 4.48. The number of ether oxygens (including phenoxy) is 1. The van der Waals surface area contributed by atoms with Crippen LogP contribution < -0.4 is 10.9 Å². The SMILES string of the molecule is CNC(=S)N(Cc1cc2cccc(C)c2[nH]c1=O)CC1CCCO1. The Bertz CT molecular complexity index is 796. The minimum Gasteiger partial charge on any atom is -0.376 e. The Kier molecular flexibility index (Phi) is 5.16. The second-order valence-electron chi connectivity index (χ2n) is 6.23. The van der Waals surface area contributed by atoms with Crippen LogP contribution in [-0.4, -0.2) is 41.3 Å². The van der Waals surface area contributed by atoms with E-state index in [4.69, 9.17) is 17.0 Å². The minimum absolute atomic E-state index is 0.0620. The minimum atomic E-state index is -0.0620. The first kappa shape index (κ1) is 16.9. The average molecular weight is 345 g/mol. The number of hydrogen-bond donors (Lipinski definition) is 2. The van der Waals surface area contributed by atoms with Crippen LogP contribution in [0.15, 0.2) is 29.1 Å². The normalized spacial score (nSPS) is 17.2. The van der Waals surface area contributed by atoms with Gasteiger partial charge in [0, 0.05) is 25.8 Å². The maximum Gasteiger partial charge on any atom is 0.253 e. The zero-order valence-corrected chi connectivity index (χ0v) is 14.9. The lowest BCUT2D eigenvalue weighted by molar-refractivity contribution is 0.0898. The highest BCUT2D eigenvalue weighted by Gasteiger charge is 2.21. The zero-order chi connectivity index (χ0) is 17.1. The van der Waals surface area contributed by atoms with Crippen molar-refractivity contribution in [2.24, 2.45) is 0 Å². The maximum atomic E-state index is 12.5. The molecule has 0 saturated carbocycles. The lowest BCUT2D eigenvalue weighted by atomic mass is 10.1. The van der Waals surface area contributed by atoms with Gasteiger partial charge in [0.25, 0.3) is 5.56 Å². The average Bonchev–Trinajstić information content (AvgIpc) is 3.08. The van der Waals surface area contributed by atoms with Gasteiger partial charge in [0.15, 0.2) is 5.11 Å². The first-order valence-corrected chi connectivity index (χ1v) is 8.69. The van der Waals surface area contributed by atoms with Crippen molar-refractivity contribution in [1.82, 2.24) is 15.2 Å². The molecule has 0 amide bonds. The molecule has 2 N–H and O–H groups in total. The van der Waals surface area contributed by atoms with E-state index in [1.165, 1.54) is 0 Å². The summed E-state index contributed by atoms with van der Waals surface area (Å²) in [6.07, 6.45) is 2.30. The molecule has 1 unspecified atom stereocenters. The number of rotatable bonds is 4. The van der Waals surface area contributed by atoms with E-state index in [9.17, 15) is 4.79 Å². The predicted molar refractivity (Wildman–Crippen MR) is 100 cm³/mol. The molecule has 0 radical (unpaired) electrons. The quantitative estimate of drug-likeness (QED) is 0.833. The van der Waals surface area contributed by atoms with E-state index in [1.807, 2.05) is 36.1 Å². The molecule has 1 saturated heterocycles. The van der Waals surface area contributed by atoms with Crippen molar-refractivity contribution in [3.63, 3.8) is 0 Å². The Hall–Kier alpha value is -1.92. The number of H-pyrrole nitrogens is 1. The summed E-state index contributed by atoms with van der Waals surface area (Å²) in [5.41, 5.74) is 2.61. The lowest BCUT2D eigenvalue weighted by Gasteiger charge is -2.27. The fourth-order valence-corrected chi connectivity index (χ4v) is 3.30. The summed E-state index contributed by atoms with van der Waals surface area (Å²) in [7, 11) is 1.80. The number of pyridine rings is 1. The van der Waals surface area contributed by atoms with Gasteiger partial charge in [-0.2, -0.15) is 0 Å². The van der Waals surface area contributed by atoms with Crippen LogP contribution in [0.2, 0.25) is 0 Å². The standard InChI is InChI=1S/C18H23N3O2S/c1-12-5-3-6-13-9-14(17(22)20-16(12)13)10-21(18(24)19-2)11-15-7-4-8-23-15/h3,5-6,9,15H,4,7-8,10-11H2,1-2H3,(H,19,24)(H,20,22). The van der Waals surface area contributed by atoms with Crippen LogP contribution in [0.3, 0.4) is 0 Å². The fraction of sp³-hybridized carbons (Fsp3) is 0.444. The largest absolute Gasteiger partial charge is 0.376 e. The number of hydrogen-bond acceptors (Lipinski definition) is 3. The van der Waals surface area contributed by atoms with Gasteiger partial charge in [0.2, 0.25) is 0 Å². The van der Waals surface area contributed by atoms with Crippen molar-refractivity contribution in [2.75, 3.05) is 20.2 Å². The van der Waals surface area contributed by atoms with E-state index in [2.05, 4.69) is 10.3 Å². The zero-order valence-electron chi connectivity index (χ0n) is 14.1. The van der Waals surface area contributed by atoms with Crippen molar-refractivity contribution in [3.05, 3.63) is 45.7 Å². The number of aromatic nitrogens is 1. The first-order chi connectivity index (χ1) is 11.6. The summed E-state index contributed by atoms with van der Waals surface area (Å²) in [5, 5.41) is 4.69. The van der Waals surface area contributed by atoms with Crippen molar-refractivity contribution < 1.29 is 4.74 Å². The van der Waals surface area contributed by atoms with Gasteiger partial charge < -0.3 is 19.9 Å². The van der Waals surface area contributed by atoms with Gasteiger partial charge in [-0.1, -0.05) is 18.2 Å². The highest BCUT2D eigenvalue weighted by Crippen LogP contribution is 2.17. The van der Waals surface area contributed by atoms with Crippen LogP contribution in [-0.2, 0) is 11.3 Å². The number of fused-ring (bicyclic) bond motifs is 1. The summed E-state index contributed by atoms with van der Waals surface area (Å²) < 4.78 is 5.72. The molecule has 6 heteroatoms. The molecule has 24 heavy (non-hydrogen) atoms. The molecule has 1 atom stereocenters. The Balaban J connectivity index is 1.88. The number of nitrogens with zero attached hydrogens (tertiary/aromatic N) is 1. The molecule has 3 rings (SSSR count). The van der Waals surface area contributed by atoms with Crippen LogP contribution >= 0.6 is 12.2 Å². The molecule has 128 valence electrons. The summed E-state index contributed by atoms with van der Waals surface area (Å²) in [5.74, 6) is 0. The highest BCUT2D eigenvalue weighted by molar-refractivity contribution is 7.80. The number of aromatic amines is 1. The van der Waals surface area contributed by atoms with E-state index >= 15 is 0 Å². The smallest absolute Gasteiger partial charge is 0.253 e. The van der Waals surface area contributed by atoms with Crippen LogP contribution in [0.4, 0.5) is 0 Å². The van der Waals surface area contributed by atoms with Gasteiger partial charge in [-0.25, -0.2) is 0 Å². The molecule has 0 spiro atoms. The molecule has 1 aromatic carbocycles. The second kappa shape index (κ2) is 7.32. The van der Waals surface area contributed by atoms with E-state index in [-0.39, 0.29) is 11.7 Å². The molecule has 1 fully saturated rings. The van der Waals surface area contributed by atoms with Crippen LogP contribution in [0.5, 0.6) is 0 Å². The molecule has 1 aromatic heterocycles. The van der Waals surface area contributed by atoms with Crippen molar-refractivity contribution >= 4 is 28.2 Å². The maximum absolute atomic E-state index is 12.5. The van der Waals surface area contributed by atoms with E-state index in [1.54, 1.807) is 7.05 Å². The van der Waals surface area contributed by atoms with E-state index in [0.717, 1.165) is 35.9 Å². The molecular weight excluding hydrogens is 322 g/mol. The summed E-state index contributed by atoms with van der Waals surface area (Å²) in [4.78, 5) is 17.5. The van der Waals surface area contributed by atoms with Gasteiger partial charge in [0.05, 0.1) is 18.2 Å².